The first-order valence-corrected chi connectivity index (χ1v) is 10.5. The lowest BCUT2D eigenvalue weighted by molar-refractivity contribution is 0.100. The number of para-hydroxylation sites is 1. The monoisotopic (exact) mass is 407 g/mol. The largest absolute Gasteiger partial charge is 0.366 e. The van der Waals surface area contributed by atoms with Gasteiger partial charge in [-0.05, 0) is 56.7 Å². The summed E-state index contributed by atoms with van der Waals surface area (Å²) in [7, 11) is 2.08. The minimum absolute atomic E-state index is 0.416. The predicted molar refractivity (Wildman–Crippen MR) is 120 cm³/mol. The van der Waals surface area contributed by atoms with Crippen molar-refractivity contribution in [3.8, 4) is 11.4 Å². The molecule has 8 nitrogen and oxygen atoms in total. The highest BCUT2D eigenvalue weighted by Crippen LogP contribution is 2.23. The molecule has 1 aliphatic heterocycles. The molecule has 1 fully saturated rings. The average Bonchev–Trinajstić information content (AvgIpc) is 3.03. The molecule has 0 bridgehead atoms. The zero-order valence-electron chi connectivity index (χ0n) is 17.4. The number of anilines is 1. The van der Waals surface area contributed by atoms with Gasteiger partial charge in [-0.25, -0.2) is 9.97 Å². The summed E-state index contributed by atoms with van der Waals surface area (Å²) in [5.41, 5.74) is 8.12. The Bertz CT molecular complexity index is 990. The van der Waals surface area contributed by atoms with Crippen molar-refractivity contribution in [3.63, 3.8) is 0 Å². The minimum Gasteiger partial charge on any atom is -0.366 e. The number of hydrogen-bond acceptors (Lipinski definition) is 6. The van der Waals surface area contributed by atoms with E-state index >= 15 is 0 Å². The Morgan fingerprint density at radius 2 is 2.13 bits per heavy atom. The number of carbonyl (C=O) groups is 1. The first kappa shape index (κ1) is 20.3. The number of imidazole rings is 1. The van der Waals surface area contributed by atoms with Crippen molar-refractivity contribution in [2.45, 2.75) is 12.8 Å². The van der Waals surface area contributed by atoms with Crippen LogP contribution >= 0.6 is 0 Å². The highest BCUT2D eigenvalue weighted by molar-refractivity contribution is 6.04. The van der Waals surface area contributed by atoms with Gasteiger partial charge in [0.1, 0.15) is 17.2 Å². The molecular formula is C22H29N7O. The smallest absolute Gasteiger partial charge is 0.250 e. The third-order valence-corrected chi connectivity index (χ3v) is 5.59. The van der Waals surface area contributed by atoms with Crippen molar-refractivity contribution in [3.05, 3.63) is 42.1 Å². The summed E-state index contributed by atoms with van der Waals surface area (Å²) >= 11 is 0. The van der Waals surface area contributed by atoms with E-state index in [9.17, 15) is 4.79 Å². The quantitative estimate of drug-likeness (QED) is 0.552. The Labute approximate surface area is 176 Å². The van der Waals surface area contributed by atoms with Gasteiger partial charge >= 0.3 is 0 Å². The average molecular weight is 408 g/mol. The molecule has 1 saturated heterocycles. The maximum atomic E-state index is 11.6. The fourth-order valence-electron chi connectivity index (χ4n) is 3.89. The second-order valence-corrected chi connectivity index (χ2v) is 7.78. The molecule has 0 radical (unpaired) electrons. The van der Waals surface area contributed by atoms with Crippen LogP contribution in [0.5, 0.6) is 0 Å². The number of aromatic nitrogens is 3. The van der Waals surface area contributed by atoms with Crippen LogP contribution in [0.25, 0.3) is 22.4 Å². The Morgan fingerprint density at radius 1 is 1.23 bits per heavy atom. The second-order valence-electron chi connectivity index (χ2n) is 7.78. The molecule has 158 valence electrons. The summed E-state index contributed by atoms with van der Waals surface area (Å²) in [5.74, 6) is 1.13. The number of amides is 1. The number of nitrogens with two attached hydrogens (primary N) is 1. The number of primary amides is 1. The van der Waals surface area contributed by atoms with Crippen LogP contribution in [0, 0.1) is 0 Å². The molecule has 1 aromatic carbocycles. The lowest BCUT2D eigenvalue weighted by Gasteiger charge is -2.22. The van der Waals surface area contributed by atoms with Crippen LogP contribution in [0.15, 0.2) is 36.5 Å². The minimum atomic E-state index is -0.481. The van der Waals surface area contributed by atoms with Crippen LogP contribution < -0.4 is 16.0 Å². The topological polar surface area (TPSA) is 103 Å². The molecule has 4 N–H and O–H groups in total. The van der Waals surface area contributed by atoms with E-state index in [0.29, 0.717) is 16.9 Å². The third-order valence-electron chi connectivity index (χ3n) is 5.59. The van der Waals surface area contributed by atoms with Crippen LogP contribution in [0.2, 0.25) is 0 Å². The fourth-order valence-corrected chi connectivity index (χ4v) is 3.89. The lowest BCUT2D eigenvalue weighted by atomic mass is 10.2. The first-order chi connectivity index (χ1) is 14.6. The van der Waals surface area contributed by atoms with Gasteiger partial charge in [-0.15, -0.1) is 0 Å². The zero-order chi connectivity index (χ0) is 20.9. The van der Waals surface area contributed by atoms with Crippen LogP contribution in [0.4, 0.5) is 5.82 Å². The van der Waals surface area contributed by atoms with Gasteiger partial charge in [0.25, 0.3) is 5.91 Å². The molecule has 0 unspecified atom stereocenters. The van der Waals surface area contributed by atoms with Crippen LogP contribution in [0.3, 0.4) is 0 Å². The number of nitrogens with one attached hydrogen (secondary N) is 2. The normalized spacial score (nSPS) is 15.2. The molecule has 3 aromatic rings. The van der Waals surface area contributed by atoms with Gasteiger partial charge in [-0.1, -0.05) is 6.07 Å². The van der Waals surface area contributed by atoms with E-state index in [0.717, 1.165) is 56.0 Å². The van der Waals surface area contributed by atoms with Gasteiger partial charge in [0, 0.05) is 38.4 Å². The standard InChI is InChI=1S/C22H29N7O/c1-28(11-4-13-29-12-3-9-24-10-14-29)19-8-7-16(15-25-19)22-26-18-6-2-5-17(21(23)30)20(18)27-22/h2,5-8,15,24H,3-4,9-14H2,1H3,(H2,23,30)(H,26,27). The van der Waals surface area contributed by atoms with Crippen molar-refractivity contribution in [1.82, 2.24) is 25.2 Å². The van der Waals surface area contributed by atoms with Gasteiger partial charge in [0.05, 0.1) is 11.1 Å². The number of H-pyrrole nitrogens is 1. The van der Waals surface area contributed by atoms with Gasteiger partial charge < -0.3 is 25.8 Å². The molecule has 0 saturated carbocycles. The molecule has 0 spiro atoms. The highest BCUT2D eigenvalue weighted by Gasteiger charge is 2.13. The summed E-state index contributed by atoms with van der Waals surface area (Å²) in [4.78, 5) is 28.8. The number of nitrogens with zero attached hydrogens (tertiary/aromatic N) is 4. The SMILES string of the molecule is CN(CCCN1CCCNCC1)c1ccc(-c2nc3c(C(N)=O)cccc3[nH]2)cn1. The van der Waals surface area contributed by atoms with E-state index in [1.807, 2.05) is 24.4 Å². The number of aromatic amines is 1. The van der Waals surface area contributed by atoms with Gasteiger partial charge in [0.15, 0.2) is 0 Å². The number of rotatable bonds is 7. The van der Waals surface area contributed by atoms with Crippen molar-refractivity contribution < 1.29 is 4.79 Å². The van der Waals surface area contributed by atoms with E-state index in [2.05, 4.69) is 37.1 Å². The highest BCUT2D eigenvalue weighted by atomic mass is 16.1. The molecule has 4 rings (SSSR count). The van der Waals surface area contributed by atoms with E-state index < -0.39 is 5.91 Å². The van der Waals surface area contributed by atoms with Crippen LogP contribution in [-0.2, 0) is 0 Å². The summed E-state index contributed by atoms with van der Waals surface area (Å²) in [6.07, 6.45) is 4.15. The Hall–Kier alpha value is -2.97. The molecular weight excluding hydrogens is 378 g/mol. The summed E-state index contributed by atoms with van der Waals surface area (Å²) in [5, 5.41) is 3.45. The van der Waals surface area contributed by atoms with Crippen molar-refractivity contribution in [2.75, 3.05) is 51.2 Å². The van der Waals surface area contributed by atoms with Crippen LogP contribution in [0.1, 0.15) is 23.2 Å². The Kier molecular flexibility index (Phi) is 6.25. The van der Waals surface area contributed by atoms with E-state index in [4.69, 9.17) is 5.73 Å². The number of hydrogen-bond donors (Lipinski definition) is 3. The predicted octanol–water partition coefficient (Wildman–Crippen LogP) is 1.85. The van der Waals surface area contributed by atoms with Gasteiger partial charge in [0.2, 0.25) is 0 Å². The molecule has 0 aliphatic carbocycles. The number of benzene rings is 1. The molecule has 1 aliphatic rings. The molecule has 8 heteroatoms. The zero-order valence-corrected chi connectivity index (χ0v) is 17.4. The molecule has 3 heterocycles. The summed E-state index contributed by atoms with van der Waals surface area (Å²) in [6, 6.07) is 9.37. The Morgan fingerprint density at radius 3 is 2.93 bits per heavy atom. The maximum Gasteiger partial charge on any atom is 0.250 e. The van der Waals surface area contributed by atoms with Gasteiger partial charge in [-0.2, -0.15) is 0 Å². The van der Waals surface area contributed by atoms with E-state index in [1.54, 1.807) is 12.1 Å². The van der Waals surface area contributed by atoms with Crippen molar-refractivity contribution in [2.24, 2.45) is 5.73 Å². The van der Waals surface area contributed by atoms with Crippen molar-refractivity contribution in [1.29, 1.82) is 0 Å². The first-order valence-electron chi connectivity index (χ1n) is 10.5. The summed E-state index contributed by atoms with van der Waals surface area (Å²) < 4.78 is 0. The number of fused-ring (bicyclic) bond motifs is 1. The van der Waals surface area contributed by atoms with E-state index in [-0.39, 0.29) is 0 Å². The van der Waals surface area contributed by atoms with Gasteiger partial charge in [-0.3, -0.25) is 4.79 Å². The third kappa shape index (κ3) is 4.60. The molecule has 30 heavy (non-hydrogen) atoms. The number of carbonyl (C=O) groups excluding carboxylic acids is 1. The molecule has 1 amide bonds. The van der Waals surface area contributed by atoms with Crippen LogP contribution in [-0.4, -0.2) is 72.1 Å². The maximum absolute atomic E-state index is 11.6. The summed E-state index contributed by atoms with van der Waals surface area (Å²) in [6.45, 7) is 6.60. The van der Waals surface area contributed by atoms with E-state index in [1.165, 1.54) is 13.0 Å². The fraction of sp³-hybridized carbons (Fsp3) is 0.409. The molecule has 0 atom stereocenters. The lowest BCUT2D eigenvalue weighted by Crippen LogP contribution is -2.31. The Balaban J connectivity index is 1.39. The number of pyridine rings is 1. The second kappa shape index (κ2) is 9.23. The molecule has 2 aromatic heterocycles. The van der Waals surface area contributed by atoms with Crippen molar-refractivity contribution >= 4 is 22.8 Å².